The van der Waals surface area contributed by atoms with Crippen LogP contribution < -0.4 is 0 Å². The molecule has 0 atom stereocenters. The van der Waals surface area contributed by atoms with Gasteiger partial charge in [-0.3, -0.25) is 0 Å². The third kappa shape index (κ3) is 2.83. The summed E-state index contributed by atoms with van der Waals surface area (Å²) < 4.78 is 0. The molecular formula is C21H27N. The molecule has 2 aromatic rings. The lowest BCUT2D eigenvalue weighted by Gasteiger charge is -2.33. The van der Waals surface area contributed by atoms with Gasteiger partial charge in [0.1, 0.15) is 0 Å². The van der Waals surface area contributed by atoms with Crippen LogP contribution in [-0.2, 0) is 18.3 Å². The third-order valence-corrected chi connectivity index (χ3v) is 5.17. The van der Waals surface area contributed by atoms with Crippen molar-refractivity contribution in [3.8, 4) is 0 Å². The van der Waals surface area contributed by atoms with Gasteiger partial charge in [0.25, 0.3) is 0 Å². The average molecular weight is 293 g/mol. The van der Waals surface area contributed by atoms with Crippen molar-refractivity contribution >= 4 is 0 Å². The monoisotopic (exact) mass is 293 g/mol. The molecule has 2 aromatic carbocycles. The predicted octanol–water partition coefficient (Wildman–Crippen LogP) is 4.43. The molecule has 0 fully saturated rings. The Labute approximate surface area is 135 Å². The van der Waals surface area contributed by atoms with Crippen LogP contribution in [0.1, 0.15) is 42.0 Å². The van der Waals surface area contributed by atoms with E-state index in [1.165, 1.54) is 24.0 Å². The summed E-state index contributed by atoms with van der Waals surface area (Å²) in [7, 11) is 4.33. The molecule has 1 heteroatoms. The van der Waals surface area contributed by atoms with Crippen LogP contribution in [0.4, 0.5) is 0 Å². The Hall–Kier alpha value is -1.60. The second kappa shape index (κ2) is 6.26. The van der Waals surface area contributed by atoms with Gasteiger partial charge in [-0.05, 0) is 68.6 Å². The van der Waals surface area contributed by atoms with Crippen LogP contribution >= 0.6 is 0 Å². The number of hydrogen-bond donors (Lipinski definition) is 0. The number of rotatable bonds is 4. The van der Waals surface area contributed by atoms with Crippen LogP contribution in [0.25, 0.3) is 0 Å². The number of fused-ring (bicyclic) bond motifs is 2. The Balaban J connectivity index is 2.05. The molecule has 116 valence electrons. The van der Waals surface area contributed by atoms with Crippen molar-refractivity contribution in [2.45, 2.75) is 38.0 Å². The first kappa shape index (κ1) is 15.3. The van der Waals surface area contributed by atoms with Gasteiger partial charge in [-0.25, -0.2) is 0 Å². The third-order valence-electron chi connectivity index (χ3n) is 5.17. The van der Waals surface area contributed by atoms with Crippen molar-refractivity contribution < 1.29 is 0 Å². The minimum absolute atomic E-state index is 0.139. The fourth-order valence-electron chi connectivity index (χ4n) is 3.99. The summed E-state index contributed by atoms with van der Waals surface area (Å²) in [5.41, 5.74) is 6.29. The molecule has 1 aliphatic carbocycles. The van der Waals surface area contributed by atoms with E-state index in [1.54, 1.807) is 11.1 Å². The van der Waals surface area contributed by atoms with Crippen LogP contribution in [0.15, 0.2) is 48.5 Å². The molecule has 0 saturated carbocycles. The zero-order valence-corrected chi connectivity index (χ0v) is 14.1. The molecule has 1 aliphatic rings. The first-order chi connectivity index (χ1) is 10.6. The van der Waals surface area contributed by atoms with Gasteiger partial charge in [0.15, 0.2) is 0 Å². The van der Waals surface area contributed by atoms with Gasteiger partial charge in [0.05, 0.1) is 0 Å². The van der Waals surface area contributed by atoms with E-state index in [9.17, 15) is 0 Å². The lowest BCUT2D eigenvalue weighted by molar-refractivity contribution is 0.368. The van der Waals surface area contributed by atoms with Gasteiger partial charge in [0.2, 0.25) is 0 Å². The lowest BCUT2D eigenvalue weighted by atomic mass is 9.71. The van der Waals surface area contributed by atoms with Crippen molar-refractivity contribution in [1.82, 2.24) is 4.90 Å². The minimum atomic E-state index is 0.139. The molecule has 0 spiro atoms. The molecule has 22 heavy (non-hydrogen) atoms. The molecule has 0 bridgehead atoms. The quantitative estimate of drug-likeness (QED) is 0.806. The zero-order valence-electron chi connectivity index (χ0n) is 14.1. The van der Waals surface area contributed by atoms with E-state index in [1.807, 2.05) is 0 Å². The second-order valence-electron chi connectivity index (χ2n) is 7.05. The molecule has 0 radical (unpaired) electrons. The topological polar surface area (TPSA) is 3.24 Å². The number of aryl methyl sites for hydroxylation is 2. The lowest BCUT2D eigenvalue weighted by Crippen LogP contribution is -2.27. The van der Waals surface area contributed by atoms with Gasteiger partial charge >= 0.3 is 0 Å². The average Bonchev–Trinajstić information content (AvgIpc) is 2.64. The van der Waals surface area contributed by atoms with E-state index in [2.05, 4.69) is 74.4 Å². The summed E-state index contributed by atoms with van der Waals surface area (Å²) >= 11 is 0. The maximum absolute atomic E-state index is 2.45. The van der Waals surface area contributed by atoms with Crippen molar-refractivity contribution in [2.24, 2.45) is 0 Å². The number of nitrogens with zero attached hydrogens (tertiary/aromatic N) is 1. The van der Waals surface area contributed by atoms with Gasteiger partial charge in [-0.2, -0.15) is 0 Å². The number of benzene rings is 2. The number of hydrogen-bond acceptors (Lipinski definition) is 1. The van der Waals surface area contributed by atoms with Gasteiger partial charge < -0.3 is 4.90 Å². The summed E-state index contributed by atoms with van der Waals surface area (Å²) in [6, 6.07) is 18.1. The summed E-state index contributed by atoms with van der Waals surface area (Å²) in [6.45, 7) is 3.60. The Bertz CT molecular complexity index is 594. The van der Waals surface area contributed by atoms with E-state index in [-0.39, 0.29) is 5.41 Å². The van der Waals surface area contributed by atoms with Gasteiger partial charge in [-0.1, -0.05) is 55.5 Å². The van der Waals surface area contributed by atoms with Crippen molar-refractivity contribution in [3.63, 3.8) is 0 Å². The molecule has 0 aliphatic heterocycles. The minimum Gasteiger partial charge on any atom is -0.309 e. The van der Waals surface area contributed by atoms with Crippen LogP contribution in [0.5, 0.6) is 0 Å². The Morgan fingerprint density at radius 3 is 1.86 bits per heavy atom. The van der Waals surface area contributed by atoms with Crippen molar-refractivity contribution in [1.29, 1.82) is 0 Å². The molecular weight excluding hydrogens is 266 g/mol. The molecule has 3 rings (SSSR count). The predicted molar refractivity (Wildman–Crippen MR) is 94.5 cm³/mol. The van der Waals surface area contributed by atoms with Crippen LogP contribution in [0.3, 0.4) is 0 Å². The van der Waals surface area contributed by atoms with E-state index < -0.39 is 0 Å². The highest BCUT2D eigenvalue weighted by Crippen LogP contribution is 2.42. The molecule has 0 N–H and O–H groups in total. The molecule has 0 aromatic heterocycles. The standard InChI is InChI=1S/C21H27N/c1-21(15-8-16-22(2)3)19-11-6-4-9-17(19)13-14-18-10-5-7-12-20(18)21/h4-7,9-12H,8,13-16H2,1-3H3. The van der Waals surface area contributed by atoms with Crippen molar-refractivity contribution in [2.75, 3.05) is 20.6 Å². The fraction of sp³-hybridized carbons (Fsp3) is 0.429. The van der Waals surface area contributed by atoms with Gasteiger partial charge in [0, 0.05) is 5.41 Å². The van der Waals surface area contributed by atoms with E-state index >= 15 is 0 Å². The molecule has 0 amide bonds. The van der Waals surface area contributed by atoms with Gasteiger partial charge in [-0.15, -0.1) is 0 Å². The summed E-state index contributed by atoms with van der Waals surface area (Å²) in [6.07, 6.45) is 4.76. The SMILES string of the molecule is CN(C)CCCC1(C)c2ccccc2CCc2ccccc21. The summed E-state index contributed by atoms with van der Waals surface area (Å²) in [4.78, 5) is 2.29. The molecule has 0 saturated heterocycles. The normalized spacial score (nSPS) is 16.0. The largest absolute Gasteiger partial charge is 0.309 e. The maximum atomic E-state index is 2.45. The summed E-state index contributed by atoms with van der Waals surface area (Å²) in [5.74, 6) is 0. The first-order valence-electron chi connectivity index (χ1n) is 8.43. The molecule has 0 unspecified atom stereocenters. The second-order valence-corrected chi connectivity index (χ2v) is 7.05. The van der Waals surface area contributed by atoms with E-state index in [4.69, 9.17) is 0 Å². The highest BCUT2D eigenvalue weighted by molar-refractivity contribution is 5.49. The fourth-order valence-corrected chi connectivity index (χ4v) is 3.99. The van der Waals surface area contributed by atoms with Crippen LogP contribution in [0.2, 0.25) is 0 Å². The Kier molecular flexibility index (Phi) is 4.35. The van der Waals surface area contributed by atoms with E-state index in [0.29, 0.717) is 0 Å². The van der Waals surface area contributed by atoms with Crippen LogP contribution in [0, 0.1) is 0 Å². The van der Waals surface area contributed by atoms with Crippen molar-refractivity contribution in [3.05, 3.63) is 70.8 Å². The highest BCUT2D eigenvalue weighted by Gasteiger charge is 2.33. The molecule has 0 heterocycles. The van der Waals surface area contributed by atoms with E-state index in [0.717, 1.165) is 19.4 Å². The highest BCUT2D eigenvalue weighted by atomic mass is 15.0. The Morgan fingerprint density at radius 1 is 0.864 bits per heavy atom. The first-order valence-corrected chi connectivity index (χ1v) is 8.43. The Morgan fingerprint density at radius 2 is 1.36 bits per heavy atom. The smallest absolute Gasteiger partial charge is 0.0180 e. The molecule has 1 nitrogen and oxygen atoms in total. The van der Waals surface area contributed by atoms with Crippen LogP contribution in [-0.4, -0.2) is 25.5 Å². The maximum Gasteiger partial charge on any atom is 0.0180 e. The summed E-state index contributed by atoms with van der Waals surface area (Å²) in [5, 5.41) is 0. The zero-order chi connectivity index (χ0) is 15.6.